The third-order valence-corrected chi connectivity index (χ3v) is 4.09. The number of carbonyl (C=O) groups is 1. The molecule has 0 aliphatic rings. The van der Waals surface area contributed by atoms with Crippen LogP contribution in [0, 0.1) is 6.92 Å². The molecule has 0 aliphatic carbocycles. The molecule has 1 aromatic heterocycles. The SMILES string of the molecule is COc1cccc(CNC(=O)Cn2c(-c3ccccc3)nc(C)cc2=O)c1. The molecule has 1 N–H and O–H groups in total. The van der Waals surface area contributed by atoms with Crippen molar-refractivity contribution in [1.82, 2.24) is 14.9 Å². The van der Waals surface area contributed by atoms with Gasteiger partial charge < -0.3 is 10.1 Å². The zero-order valence-electron chi connectivity index (χ0n) is 15.3. The molecule has 1 heterocycles. The van der Waals surface area contributed by atoms with Crippen LogP contribution >= 0.6 is 0 Å². The highest BCUT2D eigenvalue weighted by Gasteiger charge is 2.13. The van der Waals surface area contributed by atoms with Crippen molar-refractivity contribution < 1.29 is 9.53 Å². The summed E-state index contributed by atoms with van der Waals surface area (Å²) in [6.07, 6.45) is 0. The van der Waals surface area contributed by atoms with E-state index in [2.05, 4.69) is 10.3 Å². The highest BCUT2D eigenvalue weighted by atomic mass is 16.5. The summed E-state index contributed by atoms with van der Waals surface area (Å²) in [5.74, 6) is 0.951. The third-order valence-electron chi connectivity index (χ3n) is 4.09. The van der Waals surface area contributed by atoms with Crippen molar-refractivity contribution in [3.63, 3.8) is 0 Å². The van der Waals surface area contributed by atoms with Crippen LogP contribution in [0.5, 0.6) is 5.75 Å². The summed E-state index contributed by atoms with van der Waals surface area (Å²) >= 11 is 0. The molecule has 0 atom stereocenters. The van der Waals surface area contributed by atoms with Gasteiger partial charge >= 0.3 is 0 Å². The molecule has 27 heavy (non-hydrogen) atoms. The predicted octanol–water partition coefficient (Wildman–Crippen LogP) is 2.54. The molecule has 0 saturated heterocycles. The first-order valence-corrected chi connectivity index (χ1v) is 8.60. The molecule has 0 spiro atoms. The number of carbonyl (C=O) groups excluding carboxylic acids is 1. The number of methoxy groups -OCH3 is 1. The summed E-state index contributed by atoms with van der Waals surface area (Å²) in [5, 5.41) is 2.84. The number of hydrogen-bond acceptors (Lipinski definition) is 4. The highest BCUT2D eigenvalue weighted by molar-refractivity contribution is 5.76. The molecule has 138 valence electrons. The van der Waals surface area contributed by atoms with Crippen molar-refractivity contribution in [2.45, 2.75) is 20.0 Å². The molecule has 3 rings (SSSR count). The molecule has 6 nitrogen and oxygen atoms in total. The van der Waals surface area contributed by atoms with Crippen LogP contribution in [0.1, 0.15) is 11.3 Å². The van der Waals surface area contributed by atoms with Gasteiger partial charge in [-0.05, 0) is 24.6 Å². The maximum Gasteiger partial charge on any atom is 0.254 e. The number of amides is 1. The molecule has 1 amide bonds. The van der Waals surface area contributed by atoms with Crippen LogP contribution in [-0.4, -0.2) is 22.6 Å². The first kappa shape index (κ1) is 18.4. The minimum atomic E-state index is -0.261. The number of benzene rings is 2. The molecule has 0 unspecified atom stereocenters. The van der Waals surface area contributed by atoms with Gasteiger partial charge in [-0.2, -0.15) is 0 Å². The molecule has 0 radical (unpaired) electrons. The Kier molecular flexibility index (Phi) is 5.66. The minimum Gasteiger partial charge on any atom is -0.497 e. The van der Waals surface area contributed by atoms with Crippen LogP contribution < -0.4 is 15.6 Å². The van der Waals surface area contributed by atoms with E-state index in [1.807, 2.05) is 54.6 Å². The number of ether oxygens (including phenoxy) is 1. The van der Waals surface area contributed by atoms with E-state index in [0.717, 1.165) is 16.9 Å². The summed E-state index contributed by atoms with van der Waals surface area (Å²) in [6.45, 7) is 2.02. The highest BCUT2D eigenvalue weighted by Crippen LogP contribution is 2.15. The largest absolute Gasteiger partial charge is 0.497 e. The van der Waals surface area contributed by atoms with E-state index in [-0.39, 0.29) is 18.0 Å². The van der Waals surface area contributed by atoms with Crippen LogP contribution in [0.3, 0.4) is 0 Å². The lowest BCUT2D eigenvalue weighted by molar-refractivity contribution is -0.121. The number of aryl methyl sites for hydroxylation is 1. The van der Waals surface area contributed by atoms with Crippen LogP contribution in [0.15, 0.2) is 65.5 Å². The molecule has 0 saturated carbocycles. The molecular weight excluding hydrogens is 342 g/mol. The van der Waals surface area contributed by atoms with Crippen molar-refractivity contribution in [3.05, 3.63) is 82.3 Å². The van der Waals surface area contributed by atoms with E-state index in [0.29, 0.717) is 18.1 Å². The van der Waals surface area contributed by atoms with Gasteiger partial charge in [0.2, 0.25) is 5.91 Å². The second-order valence-electron chi connectivity index (χ2n) is 6.14. The van der Waals surface area contributed by atoms with E-state index in [1.54, 1.807) is 14.0 Å². The predicted molar refractivity (Wildman–Crippen MR) is 104 cm³/mol. The van der Waals surface area contributed by atoms with Gasteiger partial charge in [0.05, 0.1) is 7.11 Å². The summed E-state index contributed by atoms with van der Waals surface area (Å²) in [5.41, 5.74) is 2.07. The van der Waals surface area contributed by atoms with Gasteiger partial charge in [0.1, 0.15) is 18.1 Å². The number of nitrogens with zero attached hydrogens (tertiary/aromatic N) is 2. The Morgan fingerprint density at radius 3 is 2.63 bits per heavy atom. The maximum atomic E-state index is 12.5. The summed E-state index contributed by atoms with van der Waals surface area (Å²) in [7, 11) is 1.60. The number of aromatic nitrogens is 2. The normalized spacial score (nSPS) is 10.4. The molecule has 6 heteroatoms. The van der Waals surface area contributed by atoms with Crippen molar-refractivity contribution in [3.8, 4) is 17.1 Å². The summed E-state index contributed by atoms with van der Waals surface area (Å²) in [4.78, 5) is 29.3. The zero-order chi connectivity index (χ0) is 19.2. The fourth-order valence-electron chi connectivity index (χ4n) is 2.76. The van der Waals surface area contributed by atoms with Crippen molar-refractivity contribution >= 4 is 5.91 Å². The summed E-state index contributed by atoms with van der Waals surface area (Å²) in [6, 6.07) is 18.3. The van der Waals surface area contributed by atoms with Crippen LogP contribution in [0.4, 0.5) is 0 Å². The second-order valence-corrected chi connectivity index (χ2v) is 6.14. The average molecular weight is 363 g/mol. The summed E-state index contributed by atoms with van der Waals surface area (Å²) < 4.78 is 6.57. The fourth-order valence-corrected chi connectivity index (χ4v) is 2.76. The molecule has 0 aliphatic heterocycles. The van der Waals surface area contributed by atoms with E-state index in [1.165, 1.54) is 10.6 Å². The Morgan fingerprint density at radius 1 is 1.11 bits per heavy atom. The van der Waals surface area contributed by atoms with Crippen molar-refractivity contribution in [2.24, 2.45) is 0 Å². The van der Waals surface area contributed by atoms with E-state index >= 15 is 0 Å². The lowest BCUT2D eigenvalue weighted by Crippen LogP contribution is -2.33. The molecule has 2 aromatic carbocycles. The number of nitrogens with one attached hydrogen (secondary N) is 1. The first-order chi connectivity index (χ1) is 13.1. The van der Waals surface area contributed by atoms with Gasteiger partial charge in [-0.25, -0.2) is 4.98 Å². The Morgan fingerprint density at radius 2 is 1.89 bits per heavy atom. The van der Waals surface area contributed by atoms with Gasteiger partial charge in [-0.3, -0.25) is 14.2 Å². The van der Waals surface area contributed by atoms with E-state index in [4.69, 9.17) is 4.74 Å². The standard InChI is InChI=1S/C21H21N3O3/c1-15-11-20(26)24(21(23-15)17-8-4-3-5-9-17)14-19(25)22-13-16-7-6-10-18(12-16)27-2/h3-12H,13-14H2,1-2H3,(H,22,25). The topological polar surface area (TPSA) is 73.2 Å². The lowest BCUT2D eigenvalue weighted by Gasteiger charge is -2.13. The van der Waals surface area contributed by atoms with Gasteiger partial charge in [-0.1, -0.05) is 42.5 Å². The second kappa shape index (κ2) is 8.31. The minimum absolute atomic E-state index is 0.0969. The molecule has 0 bridgehead atoms. The third kappa shape index (κ3) is 4.61. The number of hydrogen-bond donors (Lipinski definition) is 1. The van der Waals surface area contributed by atoms with Crippen molar-refractivity contribution in [1.29, 1.82) is 0 Å². The average Bonchev–Trinajstić information content (AvgIpc) is 2.69. The lowest BCUT2D eigenvalue weighted by atomic mass is 10.2. The molecular formula is C21H21N3O3. The fraction of sp³-hybridized carbons (Fsp3) is 0.190. The molecule has 0 fully saturated rings. The van der Waals surface area contributed by atoms with Crippen LogP contribution in [-0.2, 0) is 17.9 Å². The van der Waals surface area contributed by atoms with Gasteiger partial charge in [0.15, 0.2) is 0 Å². The van der Waals surface area contributed by atoms with Gasteiger partial charge in [0, 0.05) is 23.9 Å². The zero-order valence-corrected chi connectivity index (χ0v) is 15.3. The van der Waals surface area contributed by atoms with E-state index in [9.17, 15) is 9.59 Å². The van der Waals surface area contributed by atoms with Crippen LogP contribution in [0.25, 0.3) is 11.4 Å². The quantitative estimate of drug-likeness (QED) is 0.730. The monoisotopic (exact) mass is 363 g/mol. The van der Waals surface area contributed by atoms with Crippen molar-refractivity contribution in [2.75, 3.05) is 7.11 Å². The smallest absolute Gasteiger partial charge is 0.254 e. The first-order valence-electron chi connectivity index (χ1n) is 8.60. The number of rotatable bonds is 6. The van der Waals surface area contributed by atoms with E-state index < -0.39 is 0 Å². The van der Waals surface area contributed by atoms with Gasteiger partial charge in [-0.15, -0.1) is 0 Å². The Balaban J connectivity index is 1.78. The van der Waals surface area contributed by atoms with Gasteiger partial charge in [0.25, 0.3) is 5.56 Å². The van der Waals surface area contributed by atoms with Crippen LogP contribution in [0.2, 0.25) is 0 Å². The molecule has 3 aromatic rings. The Hall–Kier alpha value is -3.41. The Labute approximate surface area is 157 Å². The maximum absolute atomic E-state index is 12.5. The Bertz CT molecular complexity index is 997.